The molecule has 2 rings (SSSR count). The van der Waals surface area contributed by atoms with Gasteiger partial charge >= 0.3 is 0 Å². The van der Waals surface area contributed by atoms with E-state index in [0.717, 1.165) is 32.1 Å². The predicted molar refractivity (Wildman–Crippen MR) is 82.0 cm³/mol. The van der Waals surface area contributed by atoms with E-state index in [2.05, 4.69) is 62.2 Å². The van der Waals surface area contributed by atoms with Gasteiger partial charge in [0.1, 0.15) is 0 Å². The molecule has 106 valence electrons. The van der Waals surface area contributed by atoms with Crippen LogP contribution in [-0.4, -0.2) is 24.0 Å². The monoisotopic (exact) mass is 260 g/mol. The molecular weight excluding hydrogens is 232 g/mol. The molecule has 0 amide bonds. The number of nitrogens with one attached hydrogen (secondary N) is 1. The van der Waals surface area contributed by atoms with Crippen LogP contribution >= 0.6 is 0 Å². The Morgan fingerprint density at radius 3 is 2.05 bits per heavy atom. The van der Waals surface area contributed by atoms with Crippen LogP contribution in [0.1, 0.15) is 38.8 Å². The molecule has 1 aliphatic heterocycles. The Kier molecular flexibility index (Phi) is 5.00. The third kappa shape index (κ3) is 3.80. The molecule has 0 aliphatic carbocycles. The normalized spacial score (nSPS) is 17.2. The zero-order valence-corrected chi connectivity index (χ0v) is 12.8. The molecule has 1 heterocycles. The molecule has 1 aliphatic rings. The molecule has 0 fully saturated rings. The molecule has 2 nitrogen and oxygen atoms in total. The number of hydrogen-bond acceptors (Lipinski definition) is 2. The third-order valence-corrected chi connectivity index (χ3v) is 4.01. The Morgan fingerprint density at radius 2 is 1.58 bits per heavy atom. The highest BCUT2D eigenvalue weighted by Gasteiger charge is 2.27. The fraction of sp³-hybridized carbons (Fsp3) is 0.647. The Labute approximate surface area is 118 Å². The van der Waals surface area contributed by atoms with E-state index in [9.17, 15) is 0 Å². The van der Waals surface area contributed by atoms with Crippen LogP contribution in [0.4, 0.5) is 0 Å². The van der Waals surface area contributed by atoms with Crippen LogP contribution in [0.15, 0.2) is 24.3 Å². The standard InChI is InChI=1S/C17H28N2/c1-13(2)9-18-10-17(14(3)4)19-11-15-7-5-6-8-16(15)12-19/h5-8,13-14,17-18H,9-12H2,1-4H3. The van der Waals surface area contributed by atoms with Crippen molar-refractivity contribution in [2.24, 2.45) is 11.8 Å². The third-order valence-electron chi connectivity index (χ3n) is 4.01. The summed E-state index contributed by atoms with van der Waals surface area (Å²) in [5.74, 6) is 1.41. The minimum absolute atomic E-state index is 0.631. The van der Waals surface area contributed by atoms with E-state index < -0.39 is 0 Å². The van der Waals surface area contributed by atoms with E-state index in [1.807, 2.05) is 0 Å². The van der Waals surface area contributed by atoms with Crippen molar-refractivity contribution in [1.29, 1.82) is 0 Å². The van der Waals surface area contributed by atoms with Gasteiger partial charge in [-0.2, -0.15) is 0 Å². The van der Waals surface area contributed by atoms with Crippen LogP contribution in [0, 0.1) is 11.8 Å². The maximum absolute atomic E-state index is 3.63. The van der Waals surface area contributed by atoms with Crippen LogP contribution in [0.5, 0.6) is 0 Å². The van der Waals surface area contributed by atoms with Crippen molar-refractivity contribution >= 4 is 0 Å². The van der Waals surface area contributed by atoms with Gasteiger partial charge in [0.15, 0.2) is 0 Å². The van der Waals surface area contributed by atoms with E-state index in [1.165, 1.54) is 11.1 Å². The lowest BCUT2D eigenvalue weighted by Gasteiger charge is -2.31. The number of hydrogen-bond donors (Lipinski definition) is 1. The first kappa shape index (κ1) is 14.5. The van der Waals surface area contributed by atoms with Gasteiger partial charge in [-0.15, -0.1) is 0 Å². The van der Waals surface area contributed by atoms with E-state index in [4.69, 9.17) is 0 Å². The molecule has 0 saturated heterocycles. The molecule has 0 aromatic heterocycles. The first-order valence-corrected chi connectivity index (χ1v) is 7.59. The molecule has 1 N–H and O–H groups in total. The summed E-state index contributed by atoms with van der Waals surface area (Å²) in [4.78, 5) is 2.63. The smallest absolute Gasteiger partial charge is 0.0250 e. The fourth-order valence-electron chi connectivity index (χ4n) is 2.90. The van der Waals surface area contributed by atoms with Crippen molar-refractivity contribution in [3.8, 4) is 0 Å². The van der Waals surface area contributed by atoms with Gasteiger partial charge in [0.05, 0.1) is 0 Å². The average molecular weight is 260 g/mol. The first-order chi connectivity index (χ1) is 9.08. The number of fused-ring (bicyclic) bond motifs is 1. The van der Waals surface area contributed by atoms with Crippen molar-refractivity contribution in [2.45, 2.75) is 46.8 Å². The van der Waals surface area contributed by atoms with Gasteiger partial charge in [-0.25, -0.2) is 0 Å². The summed E-state index contributed by atoms with van der Waals surface area (Å²) < 4.78 is 0. The largest absolute Gasteiger partial charge is 0.315 e. The second-order valence-electron chi connectivity index (χ2n) is 6.54. The summed E-state index contributed by atoms with van der Waals surface area (Å²) >= 11 is 0. The van der Waals surface area contributed by atoms with Crippen LogP contribution in [0.3, 0.4) is 0 Å². The molecule has 0 saturated carbocycles. The van der Waals surface area contributed by atoms with Crippen molar-refractivity contribution in [2.75, 3.05) is 13.1 Å². The first-order valence-electron chi connectivity index (χ1n) is 7.59. The second-order valence-corrected chi connectivity index (χ2v) is 6.54. The summed E-state index contributed by atoms with van der Waals surface area (Å²) in [6.45, 7) is 13.7. The molecule has 19 heavy (non-hydrogen) atoms. The second kappa shape index (κ2) is 6.53. The van der Waals surface area contributed by atoms with Gasteiger partial charge in [-0.05, 0) is 29.5 Å². The van der Waals surface area contributed by atoms with Crippen LogP contribution in [-0.2, 0) is 13.1 Å². The lowest BCUT2D eigenvalue weighted by Crippen LogP contribution is -2.43. The Balaban J connectivity index is 1.94. The molecule has 1 unspecified atom stereocenters. The zero-order valence-electron chi connectivity index (χ0n) is 12.8. The number of rotatable bonds is 6. The molecule has 1 atom stereocenters. The van der Waals surface area contributed by atoms with E-state index in [1.54, 1.807) is 0 Å². The quantitative estimate of drug-likeness (QED) is 0.844. The van der Waals surface area contributed by atoms with Crippen LogP contribution < -0.4 is 5.32 Å². The minimum atomic E-state index is 0.631. The van der Waals surface area contributed by atoms with Gasteiger partial charge in [0.2, 0.25) is 0 Å². The van der Waals surface area contributed by atoms with Gasteiger partial charge in [0.25, 0.3) is 0 Å². The van der Waals surface area contributed by atoms with E-state index >= 15 is 0 Å². The van der Waals surface area contributed by atoms with Gasteiger partial charge in [-0.3, -0.25) is 4.90 Å². The highest BCUT2D eigenvalue weighted by atomic mass is 15.2. The summed E-state index contributed by atoms with van der Waals surface area (Å²) in [5, 5.41) is 3.63. The summed E-state index contributed by atoms with van der Waals surface area (Å²) in [5.41, 5.74) is 3.02. The summed E-state index contributed by atoms with van der Waals surface area (Å²) in [7, 11) is 0. The Morgan fingerprint density at radius 1 is 1.00 bits per heavy atom. The molecular formula is C17H28N2. The van der Waals surface area contributed by atoms with Gasteiger partial charge in [0, 0.05) is 25.7 Å². The molecule has 1 aromatic rings. The summed E-state index contributed by atoms with van der Waals surface area (Å²) in [6.07, 6.45) is 0. The van der Waals surface area contributed by atoms with E-state index in [-0.39, 0.29) is 0 Å². The van der Waals surface area contributed by atoms with Crippen molar-refractivity contribution in [3.63, 3.8) is 0 Å². The SMILES string of the molecule is CC(C)CNCC(C(C)C)N1Cc2ccccc2C1. The molecule has 0 bridgehead atoms. The fourth-order valence-corrected chi connectivity index (χ4v) is 2.90. The Bertz CT molecular complexity index is 373. The van der Waals surface area contributed by atoms with E-state index in [0.29, 0.717) is 12.0 Å². The van der Waals surface area contributed by atoms with Crippen molar-refractivity contribution in [3.05, 3.63) is 35.4 Å². The van der Waals surface area contributed by atoms with Crippen molar-refractivity contribution < 1.29 is 0 Å². The number of nitrogens with zero attached hydrogens (tertiary/aromatic N) is 1. The number of benzene rings is 1. The van der Waals surface area contributed by atoms with Crippen LogP contribution in [0.25, 0.3) is 0 Å². The highest BCUT2D eigenvalue weighted by molar-refractivity contribution is 5.30. The van der Waals surface area contributed by atoms with Crippen molar-refractivity contribution in [1.82, 2.24) is 10.2 Å². The lowest BCUT2D eigenvalue weighted by molar-refractivity contribution is 0.150. The Hall–Kier alpha value is -0.860. The molecule has 1 aromatic carbocycles. The lowest BCUT2D eigenvalue weighted by atomic mass is 10.0. The maximum atomic E-state index is 3.63. The van der Waals surface area contributed by atoms with Gasteiger partial charge in [-0.1, -0.05) is 52.0 Å². The molecule has 2 heteroatoms. The van der Waals surface area contributed by atoms with Crippen LogP contribution in [0.2, 0.25) is 0 Å². The minimum Gasteiger partial charge on any atom is -0.315 e. The average Bonchev–Trinajstić information content (AvgIpc) is 2.76. The predicted octanol–water partition coefficient (Wildman–Crippen LogP) is 3.27. The zero-order chi connectivity index (χ0) is 13.8. The van der Waals surface area contributed by atoms with Gasteiger partial charge < -0.3 is 5.32 Å². The molecule has 0 radical (unpaired) electrons. The maximum Gasteiger partial charge on any atom is 0.0250 e. The highest BCUT2D eigenvalue weighted by Crippen LogP contribution is 2.26. The molecule has 0 spiro atoms. The topological polar surface area (TPSA) is 15.3 Å². The summed E-state index contributed by atoms with van der Waals surface area (Å²) in [6, 6.07) is 9.49.